The number of rotatable bonds is 4. The summed E-state index contributed by atoms with van der Waals surface area (Å²) in [5, 5.41) is 10.7. The standard InChI is InChI=1S/C20H14N3O5/c1-21-11-22(10-16(24)12-6-8-13(9-7-12)23(27)28)18-17(21)19(25)14-4-2-3-5-15(14)20(18)26/h2-9,11H,10H2,1H3/q+1. The lowest BCUT2D eigenvalue weighted by Crippen LogP contribution is -2.36. The first-order valence-electron chi connectivity index (χ1n) is 8.43. The Morgan fingerprint density at radius 2 is 1.64 bits per heavy atom. The Kier molecular flexibility index (Phi) is 3.96. The summed E-state index contributed by atoms with van der Waals surface area (Å²) >= 11 is 0. The Morgan fingerprint density at radius 3 is 2.25 bits per heavy atom. The summed E-state index contributed by atoms with van der Waals surface area (Å²) < 4.78 is 2.99. The van der Waals surface area contributed by atoms with Gasteiger partial charge in [0.2, 0.25) is 35.1 Å². The number of nitro benzene ring substituents is 1. The summed E-state index contributed by atoms with van der Waals surface area (Å²) in [6, 6.07) is 11.8. The fourth-order valence-electron chi connectivity index (χ4n) is 3.40. The first-order valence-corrected chi connectivity index (χ1v) is 8.43. The summed E-state index contributed by atoms with van der Waals surface area (Å²) in [7, 11) is 1.64. The molecule has 0 unspecified atom stereocenters. The molecule has 1 heterocycles. The number of carbonyl (C=O) groups excluding carboxylic acids is 3. The van der Waals surface area contributed by atoms with Crippen molar-refractivity contribution in [1.82, 2.24) is 4.57 Å². The van der Waals surface area contributed by atoms with Crippen LogP contribution < -0.4 is 4.57 Å². The van der Waals surface area contributed by atoms with Crippen molar-refractivity contribution in [3.63, 3.8) is 0 Å². The predicted octanol–water partition coefficient (Wildman–Crippen LogP) is 1.88. The molecule has 0 saturated carbocycles. The van der Waals surface area contributed by atoms with Gasteiger partial charge in [-0.15, -0.1) is 0 Å². The van der Waals surface area contributed by atoms with E-state index in [1.165, 1.54) is 39.7 Å². The second kappa shape index (κ2) is 6.34. The number of benzene rings is 2. The van der Waals surface area contributed by atoms with Crippen molar-refractivity contribution in [2.24, 2.45) is 7.05 Å². The lowest BCUT2D eigenvalue weighted by atomic mass is 9.90. The molecule has 1 aromatic heterocycles. The summed E-state index contributed by atoms with van der Waals surface area (Å²) in [5.41, 5.74) is 1.23. The van der Waals surface area contributed by atoms with Crippen molar-refractivity contribution in [3.8, 4) is 0 Å². The maximum absolute atomic E-state index is 13.0. The van der Waals surface area contributed by atoms with Gasteiger partial charge >= 0.3 is 0 Å². The van der Waals surface area contributed by atoms with E-state index < -0.39 is 4.92 Å². The number of aryl methyl sites for hydroxylation is 1. The van der Waals surface area contributed by atoms with Gasteiger partial charge in [-0.2, -0.15) is 0 Å². The average Bonchev–Trinajstić information content (AvgIpc) is 3.02. The molecule has 0 bridgehead atoms. The first-order chi connectivity index (χ1) is 13.4. The molecule has 1 aliphatic carbocycles. The minimum Gasteiger partial charge on any atom is -0.290 e. The molecule has 0 N–H and O–H groups in total. The summed E-state index contributed by atoms with van der Waals surface area (Å²) in [6.07, 6.45) is 1.54. The van der Waals surface area contributed by atoms with E-state index in [0.717, 1.165) is 0 Å². The number of fused-ring (bicyclic) bond motifs is 2. The highest BCUT2D eigenvalue weighted by atomic mass is 16.6. The van der Waals surface area contributed by atoms with Crippen molar-refractivity contribution < 1.29 is 23.9 Å². The van der Waals surface area contributed by atoms with Crippen molar-refractivity contribution in [1.29, 1.82) is 0 Å². The number of aromatic nitrogens is 2. The van der Waals surface area contributed by atoms with E-state index in [9.17, 15) is 24.5 Å². The summed E-state index contributed by atoms with van der Waals surface area (Å²) in [6.45, 7) is -0.165. The molecule has 3 aromatic rings. The smallest absolute Gasteiger partial charge is 0.269 e. The van der Waals surface area contributed by atoms with Gasteiger partial charge in [-0.05, 0) is 12.1 Å². The minimum atomic E-state index is -0.543. The van der Waals surface area contributed by atoms with E-state index in [0.29, 0.717) is 11.1 Å². The molecular weight excluding hydrogens is 362 g/mol. The zero-order chi connectivity index (χ0) is 20.0. The molecule has 0 fully saturated rings. The van der Waals surface area contributed by atoms with E-state index in [1.54, 1.807) is 31.3 Å². The highest BCUT2D eigenvalue weighted by Gasteiger charge is 2.40. The third-order valence-corrected chi connectivity index (χ3v) is 4.74. The molecule has 138 valence electrons. The number of imidazole rings is 1. The maximum atomic E-state index is 13.0. The first kappa shape index (κ1) is 17.5. The number of hydrogen-bond donors (Lipinski definition) is 0. The van der Waals surface area contributed by atoms with Gasteiger partial charge in [0.05, 0.1) is 12.0 Å². The average molecular weight is 376 g/mol. The van der Waals surface area contributed by atoms with Crippen LogP contribution in [0.15, 0.2) is 54.9 Å². The van der Waals surface area contributed by atoms with Gasteiger partial charge in [-0.3, -0.25) is 24.5 Å². The fraction of sp³-hybridized carbons (Fsp3) is 0.100. The molecule has 4 rings (SSSR count). The molecular formula is C20H14N3O5+. The quantitative estimate of drug-likeness (QED) is 0.234. The van der Waals surface area contributed by atoms with Gasteiger partial charge in [0, 0.05) is 28.8 Å². The van der Waals surface area contributed by atoms with Crippen molar-refractivity contribution in [2.45, 2.75) is 6.54 Å². The third kappa shape index (κ3) is 2.62. The second-order valence-electron chi connectivity index (χ2n) is 6.48. The number of Topliss-reactive ketones (excluding diaryl/α,β-unsaturated/α-hetero) is 1. The van der Waals surface area contributed by atoms with Crippen LogP contribution in [0.3, 0.4) is 0 Å². The Morgan fingerprint density at radius 1 is 1.04 bits per heavy atom. The molecule has 0 spiro atoms. The zero-order valence-corrected chi connectivity index (χ0v) is 14.8. The van der Waals surface area contributed by atoms with Gasteiger partial charge in [0.25, 0.3) is 5.69 Å². The molecule has 0 atom stereocenters. The fourth-order valence-corrected chi connectivity index (χ4v) is 3.40. The van der Waals surface area contributed by atoms with E-state index in [2.05, 4.69) is 0 Å². The number of nitro groups is 1. The van der Waals surface area contributed by atoms with Crippen LogP contribution in [0.5, 0.6) is 0 Å². The van der Waals surface area contributed by atoms with E-state index in [-0.39, 0.29) is 46.5 Å². The zero-order valence-electron chi connectivity index (χ0n) is 14.8. The Labute approximate surface area is 158 Å². The Bertz CT molecular complexity index is 1180. The number of ketones is 3. The monoisotopic (exact) mass is 376 g/mol. The topological polar surface area (TPSA) is 103 Å². The summed E-state index contributed by atoms with van der Waals surface area (Å²) in [5.74, 6) is -0.913. The molecule has 0 radical (unpaired) electrons. The number of non-ortho nitro benzene ring substituents is 1. The largest absolute Gasteiger partial charge is 0.290 e. The molecule has 8 nitrogen and oxygen atoms in total. The van der Waals surface area contributed by atoms with Gasteiger partial charge in [-0.1, -0.05) is 24.3 Å². The Hall–Kier alpha value is -3.94. The van der Waals surface area contributed by atoms with Crippen LogP contribution in [-0.4, -0.2) is 26.8 Å². The van der Waals surface area contributed by atoms with E-state index in [4.69, 9.17) is 0 Å². The van der Waals surface area contributed by atoms with Crippen LogP contribution in [0.1, 0.15) is 42.5 Å². The highest BCUT2D eigenvalue weighted by molar-refractivity contribution is 6.26. The third-order valence-electron chi connectivity index (χ3n) is 4.74. The molecule has 28 heavy (non-hydrogen) atoms. The predicted molar refractivity (Wildman–Crippen MR) is 96.3 cm³/mol. The van der Waals surface area contributed by atoms with Crippen LogP contribution >= 0.6 is 0 Å². The lowest BCUT2D eigenvalue weighted by molar-refractivity contribution is -0.672. The van der Waals surface area contributed by atoms with Crippen molar-refractivity contribution in [2.75, 3.05) is 0 Å². The molecule has 0 amide bonds. The van der Waals surface area contributed by atoms with Crippen molar-refractivity contribution in [3.05, 3.63) is 93.1 Å². The van der Waals surface area contributed by atoms with E-state index >= 15 is 0 Å². The van der Waals surface area contributed by atoms with Crippen LogP contribution in [0, 0.1) is 10.1 Å². The van der Waals surface area contributed by atoms with Gasteiger partial charge in [0.15, 0.2) is 6.54 Å². The van der Waals surface area contributed by atoms with Crippen molar-refractivity contribution >= 4 is 23.0 Å². The van der Waals surface area contributed by atoms with Gasteiger partial charge in [-0.25, -0.2) is 9.13 Å². The van der Waals surface area contributed by atoms with Crippen LogP contribution in [-0.2, 0) is 13.6 Å². The normalized spacial score (nSPS) is 12.5. The number of nitrogens with zero attached hydrogens (tertiary/aromatic N) is 3. The van der Waals surface area contributed by atoms with Crippen LogP contribution in [0.25, 0.3) is 0 Å². The Balaban J connectivity index is 1.71. The molecule has 2 aromatic carbocycles. The SMILES string of the molecule is C[n+]1cn(CC(=O)c2ccc([N+](=O)[O-])cc2)c2c1C(=O)c1ccccc1C2=O. The summed E-state index contributed by atoms with van der Waals surface area (Å²) in [4.78, 5) is 48.6. The maximum Gasteiger partial charge on any atom is 0.269 e. The van der Waals surface area contributed by atoms with E-state index in [1.807, 2.05) is 0 Å². The van der Waals surface area contributed by atoms with Gasteiger partial charge in [0.1, 0.15) is 0 Å². The molecule has 8 heteroatoms. The van der Waals surface area contributed by atoms with Gasteiger partial charge < -0.3 is 0 Å². The molecule has 0 aliphatic heterocycles. The highest BCUT2D eigenvalue weighted by Crippen LogP contribution is 2.25. The number of carbonyl (C=O) groups is 3. The second-order valence-corrected chi connectivity index (χ2v) is 6.48. The minimum absolute atomic E-state index is 0.112. The van der Waals surface area contributed by atoms with Crippen LogP contribution in [0.2, 0.25) is 0 Å². The number of hydrogen-bond acceptors (Lipinski definition) is 5. The van der Waals surface area contributed by atoms with Crippen LogP contribution in [0.4, 0.5) is 5.69 Å². The molecule has 1 aliphatic rings. The molecule has 0 saturated heterocycles. The lowest BCUT2D eigenvalue weighted by Gasteiger charge is -2.12.